The largest absolute Gasteiger partial charge is 0.354 e. The van der Waals surface area contributed by atoms with Crippen molar-refractivity contribution in [3.63, 3.8) is 0 Å². The maximum Gasteiger partial charge on any atom is 0.332 e. The highest BCUT2D eigenvalue weighted by Gasteiger charge is 2.43. The Bertz CT molecular complexity index is 898. The van der Waals surface area contributed by atoms with Crippen molar-refractivity contribution < 1.29 is 18.8 Å². The molecule has 2 aromatic carbocycles. The fourth-order valence-corrected chi connectivity index (χ4v) is 3.15. The van der Waals surface area contributed by atoms with E-state index in [1.165, 1.54) is 11.0 Å². The quantitative estimate of drug-likeness (QED) is 0.780. The number of hydrogen-bond acceptors (Lipinski definition) is 3. The summed E-state index contributed by atoms with van der Waals surface area (Å²) in [7, 11) is 0. The molecule has 1 fully saturated rings. The number of nitrogens with zero attached hydrogens (tertiary/aromatic N) is 2. The SMILES string of the molecule is Cc1ccc(N2C(=O)N(CC(=O)NCCc3ccccc3F)C(=O)[C@H]2C)cc1. The minimum atomic E-state index is -0.679. The third-order valence-electron chi connectivity index (χ3n) is 4.74. The van der Waals surface area contributed by atoms with Gasteiger partial charge >= 0.3 is 6.03 Å². The minimum Gasteiger partial charge on any atom is -0.354 e. The van der Waals surface area contributed by atoms with Crippen LogP contribution < -0.4 is 10.2 Å². The molecule has 146 valence electrons. The zero-order valence-corrected chi connectivity index (χ0v) is 15.8. The fourth-order valence-electron chi connectivity index (χ4n) is 3.15. The molecule has 3 rings (SSSR count). The number of urea groups is 1. The molecule has 1 saturated heterocycles. The zero-order valence-electron chi connectivity index (χ0n) is 15.8. The smallest absolute Gasteiger partial charge is 0.332 e. The van der Waals surface area contributed by atoms with Crippen molar-refractivity contribution in [2.24, 2.45) is 0 Å². The van der Waals surface area contributed by atoms with Gasteiger partial charge in [0.05, 0.1) is 0 Å². The molecule has 1 N–H and O–H groups in total. The van der Waals surface area contributed by atoms with Crippen molar-refractivity contribution in [2.75, 3.05) is 18.0 Å². The monoisotopic (exact) mass is 383 g/mol. The summed E-state index contributed by atoms with van der Waals surface area (Å²) in [6.07, 6.45) is 0.326. The van der Waals surface area contributed by atoms with Crippen LogP contribution in [0, 0.1) is 12.7 Å². The normalized spacial score (nSPS) is 16.6. The molecule has 0 radical (unpaired) electrons. The number of amides is 4. The second-order valence-corrected chi connectivity index (χ2v) is 6.78. The van der Waals surface area contributed by atoms with Gasteiger partial charge in [-0.2, -0.15) is 0 Å². The van der Waals surface area contributed by atoms with Gasteiger partial charge in [-0.1, -0.05) is 35.9 Å². The van der Waals surface area contributed by atoms with Crippen molar-refractivity contribution >= 4 is 23.5 Å². The number of rotatable bonds is 6. The number of halogens is 1. The number of carbonyl (C=O) groups is 3. The fraction of sp³-hybridized carbons (Fsp3) is 0.286. The zero-order chi connectivity index (χ0) is 20.3. The van der Waals surface area contributed by atoms with Crippen molar-refractivity contribution in [1.29, 1.82) is 0 Å². The molecule has 4 amide bonds. The maximum absolute atomic E-state index is 13.6. The number of aryl methyl sites for hydroxylation is 1. The van der Waals surface area contributed by atoms with Crippen LogP contribution in [0.4, 0.5) is 14.9 Å². The molecule has 1 aliphatic rings. The lowest BCUT2D eigenvalue weighted by Crippen LogP contribution is -2.42. The highest BCUT2D eigenvalue weighted by Crippen LogP contribution is 2.25. The molecule has 2 aromatic rings. The number of nitrogens with one attached hydrogen (secondary N) is 1. The topological polar surface area (TPSA) is 69.7 Å². The lowest BCUT2D eigenvalue weighted by atomic mass is 10.1. The van der Waals surface area contributed by atoms with Crippen LogP contribution in [0.2, 0.25) is 0 Å². The molecule has 0 aromatic heterocycles. The van der Waals surface area contributed by atoms with Crippen molar-refractivity contribution in [3.8, 4) is 0 Å². The van der Waals surface area contributed by atoms with E-state index in [0.29, 0.717) is 17.7 Å². The summed E-state index contributed by atoms with van der Waals surface area (Å²) in [5.41, 5.74) is 2.15. The van der Waals surface area contributed by atoms with Gasteiger partial charge in [-0.15, -0.1) is 0 Å². The highest BCUT2D eigenvalue weighted by molar-refractivity contribution is 6.15. The summed E-state index contributed by atoms with van der Waals surface area (Å²) < 4.78 is 13.6. The predicted molar refractivity (Wildman–Crippen MR) is 103 cm³/mol. The summed E-state index contributed by atoms with van der Waals surface area (Å²) in [5.74, 6) is -1.21. The summed E-state index contributed by atoms with van der Waals surface area (Å²) >= 11 is 0. The van der Waals surface area contributed by atoms with Gasteiger partial charge in [0.2, 0.25) is 5.91 Å². The Morgan fingerprint density at radius 1 is 1.11 bits per heavy atom. The Labute approximate surface area is 162 Å². The molecule has 1 atom stereocenters. The standard InChI is InChI=1S/C21H22FN3O3/c1-14-7-9-17(10-8-14)25-15(2)20(27)24(21(25)28)13-19(26)23-12-11-16-5-3-4-6-18(16)22/h3-10,15H,11-13H2,1-2H3,(H,23,26)/t15-/m1/s1. The van der Waals surface area contributed by atoms with Crippen LogP contribution >= 0.6 is 0 Å². The van der Waals surface area contributed by atoms with Gasteiger partial charge in [-0.3, -0.25) is 19.4 Å². The molecule has 1 aliphatic heterocycles. The lowest BCUT2D eigenvalue weighted by Gasteiger charge is -2.19. The van der Waals surface area contributed by atoms with E-state index >= 15 is 0 Å². The molecule has 28 heavy (non-hydrogen) atoms. The molecule has 0 saturated carbocycles. The van der Waals surface area contributed by atoms with Gasteiger partial charge in [0.25, 0.3) is 5.91 Å². The van der Waals surface area contributed by atoms with E-state index in [1.54, 1.807) is 37.3 Å². The van der Waals surface area contributed by atoms with Gasteiger partial charge < -0.3 is 5.32 Å². The van der Waals surface area contributed by atoms with Crippen LogP contribution in [0.15, 0.2) is 48.5 Å². The van der Waals surface area contributed by atoms with Crippen LogP contribution in [0.3, 0.4) is 0 Å². The first kappa shape index (κ1) is 19.5. The van der Waals surface area contributed by atoms with Crippen molar-refractivity contribution in [3.05, 3.63) is 65.5 Å². The van der Waals surface area contributed by atoms with Gasteiger partial charge in [-0.25, -0.2) is 9.18 Å². The Kier molecular flexibility index (Phi) is 5.73. The average molecular weight is 383 g/mol. The molecule has 7 heteroatoms. The summed E-state index contributed by atoms with van der Waals surface area (Å²) in [4.78, 5) is 39.7. The summed E-state index contributed by atoms with van der Waals surface area (Å²) in [6.45, 7) is 3.42. The third kappa shape index (κ3) is 4.03. The predicted octanol–water partition coefficient (Wildman–Crippen LogP) is 2.65. The first-order valence-corrected chi connectivity index (χ1v) is 9.10. The first-order valence-electron chi connectivity index (χ1n) is 9.10. The Hall–Kier alpha value is -3.22. The summed E-state index contributed by atoms with van der Waals surface area (Å²) in [6, 6.07) is 12.4. The third-order valence-corrected chi connectivity index (χ3v) is 4.74. The van der Waals surface area contributed by atoms with E-state index < -0.39 is 23.9 Å². The van der Waals surface area contributed by atoms with Gasteiger partial charge in [0, 0.05) is 12.2 Å². The molecule has 0 unspecified atom stereocenters. The minimum absolute atomic E-state index is 0.215. The van der Waals surface area contributed by atoms with E-state index in [4.69, 9.17) is 0 Å². The second kappa shape index (κ2) is 8.21. The first-order chi connectivity index (χ1) is 13.4. The van der Waals surface area contributed by atoms with E-state index in [2.05, 4.69) is 5.32 Å². The van der Waals surface area contributed by atoms with E-state index in [-0.39, 0.29) is 18.9 Å². The van der Waals surface area contributed by atoms with Crippen molar-refractivity contribution in [1.82, 2.24) is 10.2 Å². The number of imide groups is 1. The van der Waals surface area contributed by atoms with Gasteiger partial charge in [-0.05, 0) is 44.0 Å². The Morgan fingerprint density at radius 3 is 2.46 bits per heavy atom. The van der Waals surface area contributed by atoms with E-state index in [9.17, 15) is 18.8 Å². The second-order valence-electron chi connectivity index (χ2n) is 6.78. The molecular weight excluding hydrogens is 361 g/mol. The Morgan fingerprint density at radius 2 is 1.79 bits per heavy atom. The lowest BCUT2D eigenvalue weighted by molar-refractivity contribution is -0.131. The van der Waals surface area contributed by atoms with Gasteiger partial charge in [0.15, 0.2) is 0 Å². The summed E-state index contributed by atoms with van der Waals surface area (Å²) in [5, 5.41) is 2.63. The van der Waals surface area contributed by atoms with E-state index in [0.717, 1.165) is 10.5 Å². The molecule has 0 aliphatic carbocycles. The number of hydrogen-bond donors (Lipinski definition) is 1. The van der Waals surface area contributed by atoms with Crippen LogP contribution in [-0.4, -0.2) is 41.9 Å². The average Bonchev–Trinajstić information content (AvgIpc) is 2.88. The van der Waals surface area contributed by atoms with Crippen LogP contribution in [0.1, 0.15) is 18.1 Å². The highest BCUT2D eigenvalue weighted by atomic mass is 19.1. The number of anilines is 1. The molecule has 0 spiro atoms. The molecular formula is C21H22FN3O3. The van der Waals surface area contributed by atoms with Crippen LogP contribution in [0.5, 0.6) is 0 Å². The maximum atomic E-state index is 13.6. The number of benzene rings is 2. The molecule has 1 heterocycles. The van der Waals surface area contributed by atoms with Crippen LogP contribution in [-0.2, 0) is 16.0 Å². The van der Waals surface area contributed by atoms with Crippen molar-refractivity contribution in [2.45, 2.75) is 26.3 Å². The van der Waals surface area contributed by atoms with E-state index in [1.807, 2.05) is 19.1 Å². The molecule has 6 nitrogen and oxygen atoms in total. The molecule has 0 bridgehead atoms. The Balaban J connectivity index is 1.59. The number of carbonyl (C=O) groups excluding carboxylic acids is 3. The van der Waals surface area contributed by atoms with Gasteiger partial charge in [0.1, 0.15) is 18.4 Å². The van der Waals surface area contributed by atoms with Crippen LogP contribution in [0.25, 0.3) is 0 Å².